The normalized spacial score (nSPS) is 28.5. The number of carbonyl (C=O) groups is 2. The lowest BCUT2D eigenvalue weighted by Crippen LogP contribution is -2.50. The van der Waals surface area contributed by atoms with Crippen molar-refractivity contribution in [3.8, 4) is 0 Å². The molecule has 2 unspecified atom stereocenters. The van der Waals surface area contributed by atoms with Gasteiger partial charge in [-0.15, -0.1) is 0 Å². The molecule has 1 rings (SSSR count). The Balaban J connectivity index is 2.50. The van der Waals surface area contributed by atoms with Crippen LogP contribution in [-0.4, -0.2) is 59.4 Å². The van der Waals surface area contributed by atoms with Crippen LogP contribution < -0.4 is 4.91 Å². The number of nitrogens with zero attached hydrogens (tertiary/aromatic N) is 2. The lowest BCUT2D eigenvalue weighted by atomic mass is 10.0. The number of carboxylic acids is 1. The topological polar surface area (TPSA) is 153 Å². The van der Waals surface area contributed by atoms with Crippen LogP contribution >= 0.6 is 0 Å². The SMILES string of the molecule is CC(CCC(=O)O)O[C@@H]1O[C@@H](C)[C@H](OC(=O)C(C)CN=[N+]=N)C[C@H]1O. The van der Waals surface area contributed by atoms with Gasteiger partial charge in [0.2, 0.25) is 4.91 Å². The molecule has 1 aliphatic rings. The number of aliphatic hydroxyl groups excluding tert-OH is 1. The third-order valence-corrected chi connectivity index (χ3v) is 3.89. The Labute approximate surface area is 145 Å². The van der Waals surface area contributed by atoms with Crippen molar-refractivity contribution in [3.63, 3.8) is 0 Å². The number of rotatable bonds is 9. The van der Waals surface area contributed by atoms with Gasteiger partial charge in [-0.3, -0.25) is 9.59 Å². The van der Waals surface area contributed by atoms with Gasteiger partial charge in [0.15, 0.2) is 6.29 Å². The largest absolute Gasteiger partial charge is 0.481 e. The van der Waals surface area contributed by atoms with Gasteiger partial charge in [-0.2, -0.15) is 0 Å². The molecule has 0 aromatic carbocycles. The van der Waals surface area contributed by atoms with Crippen molar-refractivity contribution in [2.24, 2.45) is 11.0 Å². The average Bonchev–Trinajstić information content (AvgIpc) is 2.55. The lowest BCUT2D eigenvalue weighted by molar-refractivity contribution is -0.276. The number of aliphatic carboxylic acids is 1. The molecule has 0 aliphatic carbocycles. The molecule has 0 amide bonds. The standard InChI is InChI=1S/C15H25N3O7/c1-8(7-17-18-16)14(22)25-12-6-11(19)15(24-10(12)3)23-9(2)4-5-13(20)21/h8-12,15-16,19H,4-7H2,1-3H3/p+1/t8?,9?,10-,11+,12+,15+/m0/s1. The third-order valence-electron chi connectivity index (χ3n) is 3.89. The van der Waals surface area contributed by atoms with Gasteiger partial charge in [0.05, 0.1) is 18.1 Å². The van der Waals surface area contributed by atoms with E-state index in [4.69, 9.17) is 24.8 Å². The summed E-state index contributed by atoms with van der Waals surface area (Å²) >= 11 is 0. The number of hydrogen-bond acceptors (Lipinski definition) is 8. The maximum atomic E-state index is 12.0. The Bertz CT molecular complexity index is 509. The Morgan fingerprint density at radius 1 is 1.44 bits per heavy atom. The molecule has 0 spiro atoms. The molecule has 1 heterocycles. The summed E-state index contributed by atoms with van der Waals surface area (Å²) in [6.07, 6.45) is -2.99. The number of nitrogens with one attached hydrogen (secondary N) is 1. The van der Waals surface area contributed by atoms with Crippen molar-refractivity contribution >= 4 is 11.9 Å². The molecule has 0 bridgehead atoms. The minimum Gasteiger partial charge on any atom is -0.481 e. The molecule has 3 N–H and O–H groups in total. The summed E-state index contributed by atoms with van der Waals surface area (Å²) in [5.74, 6) is -1.97. The summed E-state index contributed by atoms with van der Waals surface area (Å²) in [6.45, 7) is 5.08. The molecule has 10 heteroatoms. The van der Waals surface area contributed by atoms with Gasteiger partial charge in [0, 0.05) is 12.8 Å². The summed E-state index contributed by atoms with van der Waals surface area (Å²) < 4.78 is 16.5. The zero-order valence-corrected chi connectivity index (χ0v) is 14.6. The van der Waals surface area contributed by atoms with E-state index in [1.54, 1.807) is 20.8 Å². The summed E-state index contributed by atoms with van der Waals surface area (Å²) in [6, 6.07) is 0. The van der Waals surface area contributed by atoms with E-state index in [-0.39, 0.29) is 19.4 Å². The first-order valence-corrected chi connectivity index (χ1v) is 8.19. The fourth-order valence-corrected chi connectivity index (χ4v) is 2.32. The maximum Gasteiger partial charge on any atom is 0.311 e. The summed E-state index contributed by atoms with van der Waals surface area (Å²) in [5, 5.41) is 22.3. The molecule has 1 fully saturated rings. The highest BCUT2D eigenvalue weighted by Crippen LogP contribution is 2.25. The Morgan fingerprint density at radius 2 is 2.12 bits per heavy atom. The van der Waals surface area contributed by atoms with Crippen molar-refractivity contribution in [2.45, 2.75) is 70.7 Å². The smallest absolute Gasteiger partial charge is 0.311 e. The molecule has 25 heavy (non-hydrogen) atoms. The number of carbonyl (C=O) groups excluding carboxylic acids is 1. The quantitative estimate of drug-likeness (QED) is 0.313. The number of ether oxygens (including phenoxy) is 3. The second-order valence-electron chi connectivity index (χ2n) is 6.19. The molecule has 0 aromatic rings. The maximum absolute atomic E-state index is 12.0. The van der Waals surface area contributed by atoms with Gasteiger partial charge in [0.1, 0.15) is 29.4 Å². The molecule has 1 saturated heterocycles. The molecule has 10 nitrogen and oxygen atoms in total. The van der Waals surface area contributed by atoms with Gasteiger partial charge in [-0.25, -0.2) is 0 Å². The molecule has 142 valence electrons. The van der Waals surface area contributed by atoms with E-state index >= 15 is 0 Å². The van der Waals surface area contributed by atoms with E-state index in [2.05, 4.69) is 10.0 Å². The Kier molecular flexibility index (Phi) is 8.64. The highest BCUT2D eigenvalue weighted by atomic mass is 16.7. The van der Waals surface area contributed by atoms with Crippen molar-refractivity contribution in [3.05, 3.63) is 0 Å². The zero-order valence-electron chi connectivity index (χ0n) is 14.6. The molecule has 0 radical (unpaired) electrons. The average molecular weight is 360 g/mol. The van der Waals surface area contributed by atoms with Crippen LogP contribution in [-0.2, 0) is 23.8 Å². The van der Waals surface area contributed by atoms with Crippen LogP contribution in [0.25, 0.3) is 0 Å². The fourth-order valence-electron chi connectivity index (χ4n) is 2.32. The Morgan fingerprint density at radius 3 is 2.72 bits per heavy atom. The molecular weight excluding hydrogens is 334 g/mol. The zero-order chi connectivity index (χ0) is 19.0. The predicted molar refractivity (Wildman–Crippen MR) is 83.6 cm³/mol. The van der Waals surface area contributed by atoms with Crippen molar-refractivity contribution in [2.75, 3.05) is 6.54 Å². The minimum atomic E-state index is -0.996. The highest BCUT2D eigenvalue weighted by Gasteiger charge is 2.39. The summed E-state index contributed by atoms with van der Waals surface area (Å²) in [5.41, 5.74) is 6.59. The summed E-state index contributed by atoms with van der Waals surface area (Å²) in [4.78, 5) is 25.4. The van der Waals surface area contributed by atoms with Gasteiger partial charge in [0.25, 0.3) is 0 Å². The van der Waals surface area contributed by atoms with Gasteiger partial charge in [-0.1, -0.05) is 0 Å². The van der Waals surface area contributed by atoms with Crippen LogP contribution in [0.3, 0.4) is 0 Å². The number of aliphatic hydroxyl groups is 1. The fraction of sp³-hybridized carbons (Fsp3) is 0.867. The first-order chi connectivity index (χ1) is 11.7. The third kappa shape index (κ3) is 7.27. The minimum absolute atomic E-state index is 0.0344. The first-order valence-electron chi connectivity index (χ1n) is 8.19. The van der Waals surface area contributed by atoms with E-state index in [0.29, 0.717) is 6.42 Å². The second-order valence-corrected chi connectivity index (χ2v) is 6.19. The summed E-state index contributed by atoms with van der Waals surface area (Å²) in [7, 11) is 0. The van der Waals surface area contributed by atoms with Gasteiger partial charge < -0.3 is 24.4 Å². The Hall–Kier alpha value is -1.87. The molecule has 1 aliphatic heterocycles. The van der Waals surface area contributed by atoms with E-state index in [0.717, 1.165) is 0 Å². The first kappa shape index (κ1) is 21.2. The second kappa shape index (κ2) is 10.2. The number of esters is 1. The molecule has 0 saturated carbocycles. The van der Waals surface area contributed by atoms with E-state index in [1.807, 2.05) is 0 Å². The monoisotopic (exact) mass is 360 g/mol. The van der Waals surface area contributed by atoms with Crippen LogP contribution in [0.4, 0.5) is 0 Å². The predicted octanol–water partition coefficient (Wildman–Crippen LogP) is 0.850. The van der Waals surface area contributed by atoms with E-state index in [1.165, 1.54) is 0 Å². The van der Waals surface area contributed by atoms with Gasteiger partial charge in [-0.05, 0) is 27.2 Å². The number of hydrogen-bond donors (Lipinski definition) is 3. The van der Waals surface area contributed by atoms with Crippen LogP contribution in [0.2, 0.25) is 0 Å². The van der Waals surface area contributed by atoms with Crippen LogP contribution in [0.15, 0.2) is 5.11 Å². The van der Waals surface area contributed by atoms with Crippen LogP contribution in [0.1, 0.15) is 40.0 Å². The van der Waals surface area contributed by atoms with Crippen LogP contribution in [0.5, 0.6) is 0 Å². The van der Waals surface area contributed by atoms with E-state index < -0.39 is 48.6 Å². The number of carboxylic acid groups (broad SMARTS) is 1. The molecule has 0 aromatic heterocycles. The van der Waals surface area contributed by atoms with Gasteiger partial charge >= 0.3 is 11.9 Å². The van der Waals surface area contributed by atoms with Crippen LogP contribution in [0, 0.1) is 11.4 Å². The van der Waals surface area contributed by atoms with E-state index in [9.17, 15) is 14.7 Å². The highest BCUT2D eigenvalue weighted by molar-refractivity contribution is 5.72. The lowest BCUT2D eigenvalue weighted by Gasteiger charge is -2.38. The van der Waals surface area contributed by atoms with Crippen molar-refractivity contribution in [1.29, 1.82) is 5.53 Å². The van der Waals surface area contributed by atoms with Crippen molar-refractivity contribution in [1.82, 2.24) is 4.91 Å². The van der Waals surface area contributed by atoms with Crippen molar-refractivity contribution < 1.29 is 34.0 Å². The molecule has 6 atom stereocenters. The molecular formula is C15H26N3O7+.